The molecule has 0 fully saturated rings. The Kier molecular flexibility index (Phi) is 4.89. The predicted molar refractivity (Wildman–Crippen MR) is 87.3 cm³/mol. The largest absolute Gasteiger partial charge is 0.497 e. The van der Waals surface area contributed by atoms with E-state index in [0.717, 1.165) is 24.3 Å². The lowest BCUT2D eigenvalue weighted by atomic mass is 9.75. The van der Waals surface area contributed by atoms with Gasteiger partial charge in [0.25, 0.3) is 0 Å². The SMILES string of the molecule is CCC(C)(Cc1ccc(OC)cc1)c1ccc(OC)cc1. The van der Waals surface area contributed by atoms with Gasteiger partial charge in [-0.1, -0.05) is 38.1 Å². The van der Waals surface area contributed by atoms with Crippen molar-refractivity contribution in [1.29, 1.82) is 0 Å². The Morgan fingerprint density at radius 1 is 0.810 bits per heavy atom. The zero-order chi connectivity index (χ0) is 15.3. The zero-order valence-corrected chi connectivity index (χ0v) is 13.3. The van der Waals surface area contributed by atoms with Crippen molar-refractivity contribution >= 4 is 0 Å². The molecule has 1 atom stereocenters. The Hall–Kier alpha value is -1.96. The van der Waals surface area contributed by atoms with E-state index in [4.69, 9.17) is 9.47 Å². The van der Waals surface area contributed by atoms with Crippen LogP contribution in [0, 0.1) is 0 Å². The van der Waals surface area contributed by atoms with Crippen LogP contribution in [0.1, 0.15) is 31.4 Å². The van der Waals surface area contributed by atoms with Gasteiger partial charge in [-0.3, -0.25) is 0 Å². The first-order valence-electron chi connectivity index (χ1n) is 7.39. The summed E-state index contributed by atoms with van der Waals surface area (Å²) in [4.78, 5) is 0. The van der Waals surface area contributed by atoms with Gasteiger partial charge < -0.3 is 9.47 Å². The monoisotopic (exact) mass is 284 g/mol. The molecule has 0 saturated heterocycles. The van der Waals surface area contributed by atoms with E-state index in [1.54, 1.807) is 14.2 Å². The topological polar surface area (TPSA) is 18.5 Å². The van der Waals surface area contributed by atoms with E-state index in [2.05, 4.69) is 38.1 Å². The van der Waals surface area contributed by atoms with Crippen LogP contribution in [0.2, 0.25) is 0 Å². The van der Waals surface area contributed by atoms with Crippen LogP contribution in [0.4, 0.5) is 0 Å². The third-order valence-electron chi connectivity index (χ3n) is 4.32. The van der Waals surface area contributed by atoms with E-state index in [1.165, 1.54) is 11.1 Å². The number of benzene rings is 2. The summed E-state index contributed by atoms with van der Waals surface area (Å²) in [6.07, 6.45) is 2.10. The highest BCUT2D eigenvalue weighted by Gasteiger charge is 2.25. The molecule has 0 N–H and O–H groups in total. The van der Waals surface area contributed by atoms with Crippen molar-refractivity contribution in [1.82, 2.24) is 0 Å². The van der Waals surface area contributed by atoms with Gasteiger partial charge in [0.1, 0.15) is 11.5 Å². The molecule has 0 amide bonds. The van der Waals surface area contributed by atoms with Crippen molar-refractivity contribution < 1.29 is 9.47 Å². The Balaban J connectivity index is 2.22. The first-order valence-corrected chi connectivity index (χ1v) is 7.39. The summed E-state index contributed by atoms with van der Waals surface area (Å²) in [6, 6.07) is 16.8. The van der Waals surface area contributed by atoms with Crippen molar-refractivity contribution in [3.63, 3.8) is 0 Å². The summed E-state index contributed by atoms with van der Waals surface area (Å²) < 4.78 is 10.5. The summed E-state index contributed by atoms with van der Waals surface area (Å²) in [5.41, 5.74) is 2.80. The summed E-state index contributed by atoms with van der Waals surface area (Å²) in [5.74, 6) is 1.81. The van der Waals surface area contributed by atoms with E-state index in [1.807, 2.05) is 24.3 Å². The van der Waals surface area contributed by atoms with Crippen LogP contribution in [-0.4, -0.2) is 14.2 Å². The van der Waals surface area contributed by atoms with Crippen LogP contribution in [-0.2, 0) is 11.8 Å². The molecule has 0 aliphatic rings. The fourth-order valence-corrected chi connectivity index (χ4v) is 2.62. The maximum atomic E-state index is 5.25. The summed E-state index contributed by atoms with van der Waals surface area (Å²) in [5, 5.41) is 0. The summed E-state index contributed by atoms with van der Waals surface area (Å²) in [6.45, 7) is 4.56. The highest BCUT2D eigenvalue weighted by Crippen LogP contribution is 2.33. The Morgan fingerprint density at radius 2 is 1.29 bits per heavy atom. The number of hydrogen-bond acceptors (Lipinski definition) is 2. The Morgan fingerprint density at radius 3 is 1.71 bits per heavy atom. The molecule has 0 aliphatic heterocycles. The standard InChI is InChI=1S/C19H24O2/c1-5-19(2,16-8-12-18(21-4)13-9-16)14-15-6-10-17(20-3)11-7-15/h6-13H,5,14H2,1-4H3. The van der Waals surface area contributed by atoms with E-state index < -0.39 is 0 Å². The van der Waals surface area contributed by atoms with E-state index in [0.29, 0.717) is 0 Å². The predicted octanol–water partition coefficient (Wildman–Crippen LogP) is 4.61. The minimum Gasteiger partial charge on any atom is -0.497 e. The van der Waals surface area contributed by atoms with Gasteiger partial charge in [-0.15, -0.1) is 0 Å². The minimum absolute atomic E-state index is 0.126. The van der Waals surface area contributed by atoms with E-state index >= 15 is 0 Å². The summed E-state index contributed by atoms with van der Waals surface area (Å²) in [7, 11) is 3.40. The van der Waals surface area contributed by atoms with Crippen LogP contribution in [0.15, 0.2) is 48.5 Å². The third kappa shape index (κ3) is 3.57. The van der Waals surface area contributed by atoms with Gasteiger partial charge in [0.05, 0.1) is 14.2 Å². The number of rotatable bonds is 6. The quantitative estimate of drug-likeness (QED) is 0.771. The maximum absolute atomic E-state index is 5.25. The Bertz CT molecular complexity index is 557. The number of hydrogen-bond donors (Lipinski definition) is 0. The molecule has 0 heterocycles. The second kappa shape index (κ2) is 6.66. The molecular formula is C19H24O2. The molecule has 0 radical (unpaired) electrons. The number of methoxy groups -OCH3 is 2. The molecule has 0 spiro atoms. The molecule has 0 bridgehead atoms. The van der Waals surface area contributed by atoms with Gasteiger partial charge in [0.2, 0.25) is 0 Å². The van der Waals surface area contributed by atoms with Gasteiger partial charge in [-0.05, 0) is 53.6 Å². The van der Waals surface area contributed by atoms with Crippen molar-refractivity contribution in [2.24, 2.45) is 0 Å². The van der Waals surface area contributed by atoms with Crippen LogP contribution in [0.5, 0.6) is 11.5 Å². The zero-order valence-electron chi connectivity index (χ0n) is 13.3. The molecular weight excluding hydrogens is 260 g/mol. The molecule has 2 aromatic carbocycles. The van der Waals surface area contributed by atoms with E-state index in [9.17, 15) is 0 Å². The molecule has 112 valence electrons. The van der Waals surface area contributed by atoms with Crippen LogP contribution < -0.4 is 9.47 Å². The van der Waals surface area contributed by atoms with Crippen molar-refractivity contribution in [3.8, 4) is 11.5 Å². The molecule has 0 aromatic heterocycles. The van der Waals surface area contributed by atoms with Crippen molar-refractivity contribution in [2.45, 2.75) is 32.1 Å². The third-order valence-corrected chi connectivity index (χ3v) is 4.32. The van der Waals surface area contributed by atoms with Gasteiger partial charge in [-0.2, -0.15) is 0 Å². The van der Waals surface area contributed by atoms with Gasteiger partial charge >= 0.3 is 0 Å². The lowest BCUT2D eigenvalue weighted by molar-refractivity contribution is 0.411. The lowest BCUT2D eigenvalue weighted by Gasteiger charge is -2.29. The molecule has 1 unspecified atom stereocenters. The van der Waals surface area contributed by atoms with Crippen LogP contribution in [0.25, 0.3) is 0 Å². The molecule has 0 saturated carbocycles. The Labute approximate surface area is 127 Å². The number of ether oxygens (including phenoxy) is 2. The highest BCUT2D eigenvalue weighted by atomic mass is 16.5. The second-order valence-electron chi connectivity index (χ2n) is 5.67. The van der Waals surface area contributed by atoms with Crippen LogP contribution >= 0.6 is 0 Å². The maximum Gasteiger partial charge on any atom is 0.118 e. The second-order valence-corrected chi connectivity index (χ2v) is 5.67. The fourth-order valence-electron chi connectivity index (χ4n) is 2.62. The molecule has 21 heavy (non-hydrogen) atoms. The fraction of sp³-hybridized carbons (Fsp3) is 0.368. The molecule has 2 nitrogen and oxygen atoms in total. The highest BCUT2D eigenvalue weighted by molar-refractivity contribution is 5.35. The first-order chi connectivity index (χ1) is 10.1. The average Bonchev–Trinajstić information content (AvgIpc) is 2.55. The lowest BCUT2D eigenvalue weighted by Crippen LogP contribution is -2.24. The van der Waals surface area contributed by atoms with E-state index in [-0.39, 0.29) is 5.41 Å². The van der Waals surface area contributed by atoms with Crippen molar-refractivity contribution in [2.75, 3.05) is 14.2 Å². The molecule has 0 aliphatic carbocycles. The average molecular weight is 284 g/mol. The van der Waals surface area contributed by atoms with Crippen LogP contribution in [0.3, 0.4) is 0 Å². The van der Waals surface area contributed by atoms with Crippen molar-refractivity contribution in [3.05, 3.63) is 59.7 Å². The molecule has 2 aromatic rings. The molecule has 2 rings (SSSR count). The van der Waals surface area contributed by atoms with Gasteiger partial charge in [0, 0.05) is 0 Å². The molecule has 2 heteroatoms. The summed E-state index contributed by atoms with van der Waals surface area (Å²) >= 11 is 0. The first kappa shape index (κ1) is 15.4. The smallest absolute Gasteiger partial charge is 0.118 e. The van der Waals surface area contributed by atoms with Gasteiger partial charge in [0.15, 0.2) is 0 Å². The normalized spacial score (nSPS) is 13.5. The van der Waals surface area contributed by atoms with Gasteiger partial charge in [-0.25, -0.2) is 0 Å². The minimum atomic E-state index is 0.126.